The Morgan fingerprint density at radius 3 is 2.63 bits per heavy atom. The summed E-state index contributed by atoms with van der Waals surface area (Å²) >= 11 is 0. The van der Waals surface area contributed by atoms with Crippen molar-refractivity contribution in [3.63, 3.8) is 0 Å². The molecule has 1 aliphatic heterocycles. The predicted octanol–water partition coefficient (Wildman–Crippen LogP) is 3.26. The topological polar surface area (TPSA) is 75.7 Å². The van der Waals surface area contributed by atoms with Crippen LogP contribution in [0, 0.1) is 13.8 Å². The standard InChI is InChI=1S/C21H22N2O4/c1-13-4-6-16(14(2)10-13)22-20(25)9-7-18(24)15-5-8-19-17(11-15)23(3)21(26)12-27-19/h4-6,8,10-11H,7,9,12H2,1-3H3,(H,22,25). The summed E-state index contributed by atoms with van der Waals surface area (Å²) in [5.41, 5.74) is 3.89. The van der Waals surface area contributed by atoms with Crippen molar-refractivity contribution < 1.29 is 19.1 Å². The van der Waals surface area contributed by atoms with Crippen LogP contribution >= 0.6 is 0 Å². The van der Waals surface area contributed by atoms with Gasteiger partial charge >= 0.3 is 0 Å². The van der Waals surface area contributed by atoms with Gasteiger partial charge in [-0.15, -0.1) is 0 Å². The van der Waals surface area contributed by atoms with Gasteiger partial charge in [-0.3, -0.25) is 14.4 Å². The number of benzene rings is 2. The van der Waals surface area contributed by atoms with E-state index in [0.29, 0.717) is 17.0 Å². The van der Waals surface area contributed by atoms with Crippen LogP contribution in [0.4, 0.5) is 11.4 Å². The normalized spacial score (nSPS) is 13.0. The van der Waals surface area contributed by atoms with Crippen LogP contribution in [0.15, 0.2) is 36.4 Å². The molecule has 0 aromatic heterocycles. The van der Waals surface area contributed by atoms with Crippen molar-refractivity contribution in [2.45, 2.75) is 26.7 Å². The molecule has 3 rings (SSSR count). The number of rotatable bonds is 5. The molecule has 2 aromatic carbocycles. The molecule has 27 heavy (non-hydrogen) atoms. The van der Waals surface area contributed by atoms with Crippen molar-refractivity contribution in [3.8, 4) is 5.75 Å². The van der Waals surface area contributed by atoms with Crippen LogP contribution in [-0.4, -0.2) is 31.3 Å². The van der Waals surface area contributed by atoms with Crippen LogP contribution < -0.4 is 15.0 Å². The lowest BCUT2D eigenvalue weighted by Gasteiger charge is -2.26. The molecule has 0 bridgehead atoms. The fraction of sp³-hybridized carbons (Fsp3) is 0.286. The van der Waals surface area contributed by atoms with Gasteiger partial charge < -0.3 is 15.0 Å². The number of nitrogens with one attached hydrogen (secondary N) is 1. The number of ether oxygens (including phenoxy) is 1. The highest BCUT2D eigenvalue weighted by atomic mass is 16.5. The number of fused-ring (bicyclic) bond motifs is 1. The minimum Gasteiger partial charge on any atom is -0.482 e. The molecule has 0 saturated carbocycles. The lowest BCUT2D eigenvalue weighted by molar-refractivity contribution is -0.121. The van der Waals surface area contributed by atoms with Crippen molar-refractivity contribution in [2.24, 2.45) is 0 Å². The van der Waals surface area contributed by atoms with Gasteiger partial charge in [0.05, 0.1) is 5.69 Å². The zero-order chi connectivity index (χ0) is 19.6. The molecule has 0 saturated heterocycles. The summed E-state index contributed by atoms with van der Waals surface area (Å²) < 4.78 is 5.36. The Kier molecular flexibility index (Phi) is 5.26. The Morgan fingerprint density at radius 2 is 1.89 bits per heavy atom. The quantitative estimate of drug-likeness (QED) is 0.824. The van der Waals surface area contributed by atoms with Crippen LogP contribution in [0.25, 0.3) is 0 Å². The minimum absolute atomic E-state index is 0.00457. The third-order valence-electron chi connectivity index (χ3n) is 4.60. The maximum Gasteiger partial charge on any atom is 0.264 e. The highest BCUT2D eigenvalue weighted by Gasteiger charge is 2.23. The second-order valence-electron chi connectivity index (χ2n) is 6.71. The van der Waals surface area contributed by atoms with E-state index in [2.05, 4.69) is 5.32 Å². The Balaban J connectivity index is 1.62. The summed E-state index contributed by atoms with van der Waals surface area (Å²) in [5, 5.41) is 2.84. The molecule has 0 fully saturated rings. The zero-order valence-electron chi connectivity index (χ0n) is 15.7. The summed E-state index contributed by atoms with van der Waals surface area (Å²) in [6.07, 6.45) is 0.183. The van der Waals surface area contributed by atoms with Crippen molar-refractivity contribution in [3.05, 3.63) is 53.1 Å². The Bertz CT molecular complexity index is 920. The molecule has 1 N–H and O–H groups in total. The fourth-order valence-electron chi connectivity index (χ4n) is 2.98. The molecule has 1 heterocycles. The summed E-state index contributed by atoms with van der Waals surface area (Å²) in [6, 6.07) is 10.8. The molecule has 0 unspecified atom stereocenters. The van der Waals surface area contributed by atoms with Crippen molar-refractivity contribution in [1.29, 1.82) is 0 Å². The van der Waals surface area contributed by atoms with E-state index in [0.717, 1.165) is 16.8 Å². The number of carbonyl (C=O) groups excluding carboxylic acids is 3. The van der Waals surface area contributed by atoms with E-state index in [9.17, 15) is 14.4 Å². The molecule has 1 aliphatic rings. The molecule has 2 amide bonds. The molecule has 0 atom stereocenters. The summed E-state index contributed by atoms with van der Waals surface area (Å²) in [5.74, 6) is 0.0464. The summed E-state index contributed by atoms with van der Waals surface area (Å²) in [6.45, 7) is 3.92. The molecule has 6 nitrogen and oxygen atoms in total. The number of Topliss-reactive ketones (excluding diaryl/α,β-unsaturated/α-hetero) is 1. The number of amides is 2. The van der Waals surface area contributed by atoms with Crippen molar-refractivity contribution in [1.82, 2.24) is 0 Å². The maximum absolute atomic E-state index is 12.5. The monoisotopic (exact) mass is 366 g/mol. The predicted molar refractivity (Wildman–Crippen MR) is 103 cm³/mol. The lowest BCUT2D eigenvalue weighted by atomic mass is 10.0. The highest BCUT2D eigenvalue weighted by molar-refractivity contribution is 6.03. The molecule has 140 valence electrons. The van der Waals surface area contributed by atoms with E-state index >= 15 is 0 Å². The van der Waals surface area contributed by atoms with Gasteiger partial charge in [-0.2, -0.15) is 0 Å². The fourth-order valence-corrected chi connectivity index (χ4v) is 2.98. The highest BCUT2D eigenvalue weighted by Crippen LogP contribution is 2.32. The van der Waals surface area contributed by atoms with E-state index in [1.54, 1.807) is 25.2 Å². The largest absolute Gasteiger partial charge is 0.482 e. The molecule has 6 heteroatoms. The first-order valence-corrected chi connectivity index (χ1v) is 8.79. The molecule has 0 aliphatic carbocycles. The molecule has 0 spiro atoms. The summed E-state index contributed by atoms with van der Waals surface area (Å²) in [4.78, 5) is 37.9. The van der Waals surface area contributed by atoms with Crippen LogP contribution in [-0.2, 0) is 9.59 Å². The van der Waals surface area contributed by atoms with E-state index in [1.807, 2.05) is 32.0 Å². The van der Waals surface area contributed by atoms with Crippen LogP contribution in [0.3, 0.4) is 0 Å². The van der Waals surface area contributed by atoms with Gasteiger partial charge in [0.2, 0.25) is 5.91 Å². The smallest absolute Gasteiger partial charge is 0.264 e. The zero-order valence-corrected chi connectivity index (χ0v) is 15.7. The molecular formula is C21H22N2O4. The van der Waals surface area contributed by atoms with E-state index in [4.69, 9.17) is 4.74 Å². The first-order chi connectivity index (χ1) is 12.8. The second-order valence-corrected chi connectivity index (χ2v) is 6.71. The van der Waals surface area contributed by atoms with Gasteiger partial charge in [-0.05, 0) is 43.7 Å². The van der Waals surface area contributed by atoms with E-state index in [1.165, 1.54) is 4.90 Å². The molecular weight excluding hydrogens is 344 g/mol. The minimum atomic E-state index is -0.205. The Labute approximate surface area is 158 Å². The van der Waals surface area contributed by atoms with Crippen LogP contribution in [0.2, 0.25) is 0 Å². The number of hydrogen-bond donors (Lipinski definition) is 1. The van der Waals surface area contributed by atoms with Gasteiger partial charge in [0.1, 0.15) is 5.75 Å². The molecule has 0 radical (unpaired) electrons. The summed E-state index contributed by atoms with van der Waals surface area (Å²) in [7, 11) is 1.65. The van der Waals surface area contributed by atoms with Crippen LogP contribution in [0.1, 0.15) is 34.3 Å². The number of hydrogen-bond acceptors (Lipinski definition) is 4. The van der Waals surface area contributed by atoms with E-state index < -0.39 is 0 Å². The first-order valence-electron chi connectivity index (χ1n) is 8.79. The average Bonchev–Trinajstić information content (AvgIpc) is 2.65. The van der Waals surface area contributed by atoms with Gasteiger partial charge in [-0.1, -0.05) is 17.7 Å². The Morgan fingerprint density at radius 1 is 1.11 bits per heavy atom. The van der Waals surface area contributed by atoms with Crippen LogP contribution in [0.5, 0.6) is 5.75 Å². The Hall–Kier alpha value is -3.15. The number of anilines is 2. The first kappa shape index (κ1) is 18.6. The van der Waals surface area contributed by atoms with Crippen molar-refractivity contribution in [2.75, 3.05) is 23.9 Å². The van der Waals surface area contributed by atoms with Gasteiger partial charge in [0, 0.05) is 31.1 Å². The number of aryl methyl sites for hydroxylation is 2. The number of ketones is 1. The SMILES string of the molecule is Cc1ccc(NC(=O)CCC(=O)c2ccc3c(c2)N(C)C(=O)CO3)c(C)c1. The second kappa shape index (κ2) is 7.61. The van der Waals surface area contributed by atoms with Crippen molar-refractivity contribution >= 4 is 29.0 Å². The van der Waals surface area contributed by atoms with E-state index in [-0.39, 0.29) is 37.0 Å². The average molecular weight is 366 g/mol. The number of carbonyl (C=O) groups is 3. The maximum atomic E-state index is 12.5. The number of nitrogens with zero attached hydrogens (tertiary/aromatic N) is 1. The lowest BCUT2D eigenvalue weighted by Crippen LogP contribution is -2.35. The van der Waals surface area contributed by atoms with Gasteiger partial charge in [0.15, 0.2) is 12.4 Å². The molecule has 2 aromatic rings. The van der Waals surface area contributed by atoms with Gasteiger partial charge in [-0.25, -0.2) is 0 Å². The third kappa shape index (κ3) is 4.16. The number of likely N-dealkylation sites (N-methyl/N-ethyl adjacent to an activating group) is 1. The third-order valence-corrected chi connectivity index (χ3v) is 4.60. The van der Waals surface area contributed by atoms with Gasteiger partial charge in [0.25, 0.3) is 5.91 Å².